The van der Waals surface area contributed by atoms with Crippen LogP contribution in [0.5, 0.6) is 0 Å². The molecule has 0 aromatic rings. The zero-order valence-corrected chi connectivity index (χ0v) is 17.3. The van der Waals surface area contributed by atoms with E-state index in [1.165, 1.54) is 0 Å². The number of carbonyl (C=O) groups is 2. The first kappa shape index (κ1) is 20.0. The minimum atomic E-state index is -1.06. The van der Waals surface area contributed by atoms with Crippen LogP contribution in [0, 0.1) is 34.5 Å². The van der Waals surface area contributed by atoms with E-state index in [1.54, 1.807) is 19.3 Å². The average Bonchev–Trinajstić information content (AvgIpc) is 2.88. The van der Waals surface area contributed by atoms with Gasteiger partial charge in [0.05, 0.1) is 6.10 Å². The molecule has 8 atom stereocenters. The Morgan fingerprint density at radius 3 is 2.71 bits per heavy atom. The molecule has 3 fully saturated rings. The normalized spacial score (nSPS) is 49.9. The van der Waals surface area contributed by atoms with Crippen molar-refractivity contribution in [3.8, 4) is 0 Å². The van der Waals surface area contributed by atoms with Gasteiger partial charge in [-0.05, 0) is 55.6 Å². The molecule has 0 amide bonds. The number of ketones is 2. The lowest BCUT2D eigenvalue weighted by molar-refractivity contribution is -0.192. The smallest absolute Gasteiger partial charge is 0.190 e. The van der Waals surface area contributed by atoms with Crippen molar-refractivity contribution in [3.63, 3.8) is 0 Å². The summed E-state index contributed by atoms with van der Waals surface area (Å²) < 4.78 is 5.92. The molecule has 2 N–H and O–H groups in total. The van der Waals surface area contributed by atoms with Crippen LogP contribution in [0.3, 0.4) is 0 Å². The zero-order chi connectivity index (χ0) is 20.5. The molecule has 4 rings (SSSR count). The quantitative estimate of drug-likeness (QED) is 0.776. The summed E-state index contributed by atoms with van der Waals surface area (Å²) in [6, 6.07) is 0. The molecule has 0 aromatic carbocycles. The molecule has 0 aliphatic heterocycles. The monoisotopic (exact) mass is 388 g/mol. The number of methoxy groups -OCH3 is 1. The molecule has 0 saturated heterocycles. The first-order chi connectivity index (χ1) is 13.2. The van der Waals surface area contributed by atoms with E-state index in [4.69, 9.17) is 4.74 Å². The van der Waals surface area contributed by atoms with E-state index in [0.29, 0.717) is 6.42 Å². The maximum Gasteiger partial charge on any atom is 0.190 e. The number of fused-ring (bicyclic) bond motifs is 5. The highest BCUT2D eigenvalue weighted by atomic mass is 16.5. The van der Waals surface area contributed by atoms with Crippen LogP contribution >= 0.6 is 0 Å². The van der Waals surface area contributed by atoms with Crippen LogP contribution in [0.15, 0.2) is 23.8 Å². The van der Waals surface area contributed by atoms with Crippen molar-refractivity contribution in [1.29, 1.82) is 0 Å². The number of ether oxygens (including phenoxy) is 1. The molecule has 154 valence electrons. The van der Waals surface area contributed by atoms with Gasteiger partial charge in [0.15, 0.2) is 11.6 Å². The van der Waals surface area contributed by atoms with Crippen LogP contribution in [-0.2, 0) is 14.3 Å². The number of rotatable bonds is 3. The second-order valence-electron chi connectivity index (χ2n) is 9.87. The van der Waals surface area contributed by atoms with Crippen molar-refractivity contribution in [3.05, 3.63) is 23.8 Å². The molecule has 0 radical (unpaired) electrons. The third kappa shape index (κ3) is 2.24. The van der Waals surface area contributed by atoms with Gasteiger partial charge in [-0.1, -0.05) is 32.4 Å². The summed E-state index contributed by atoms with van der Waals surface area (Å²) in [7, 11) is 1.56. The lowest BCUT2D eigenvalue weighted by Crippen LogP contribution is -2.63. The number of Topliss-reactive ketones (excluding diaryl/α,β-unsaturated/α-hetero) is 1. The highest BCUT2D eigenvalue weighted by molar-refractivity contribution is 6.01. The van der Waals surface area contributed by atoms with Crippen molar-refractivity contribution in [1.82, 2.24) is 0 Å². The fourth-order valence-electron chi connectivity index (χ4n) is 7.90. The van der Waals surface area contributed by atoms with Gasteiger partial charge in [-0.3, -0.25) is 9.59 Å². The van der Waals surface area contributed by atoms with Gasteiger partial charge in [-0.2, -0.15) is 0 Å². The van der Waals surface area contributed by atoms with Crippen molar-refractivity contribution in [2.45, 2.75) is 58.2 Å². The summed E-state index contributed by atoms with van der Waals surface area (Å²) >= 11 is 0. The molecule has 5 nitrogen and oxygen atoms in total. The van der Waals surface area contributed by atoms with E-state index in [-0.39, 0.29) is 40.7 Å². The Balaban J connectivity index is 1.79. The molecule has 28 heavy (non-hydrogen) atoms. The Hall–Kier alpha value is -1.30. The summed E-state index contributed by atoms with van der Waals surface area (Å²) in [5.74, 6) is 0.243. The minimum absolute atomic E-state index is 0.0219. The summed E-state index contributed by atoms with van der Waals surface area (Å²) in [4.78, 5) is 24.8. The fourth-order valence-corrected chi connectivity index (χ4v) is 7.90. The van der Waals surface area contributed by atoms with Crippen LogP contribution in [0.2, 0.25) is 0 Å². The lowest BCUT2D eigenvalue weighted by atomic mass is 9.46. The first-order valence-corrected chi connectivity index (χ1v) is 10.5. The summed E-state index contributed by atoms with van der Waals surface area (Å²) in [6.45, 7) is 5.72. The summed E-state index contributed by atoms with van der Waals surface area (Å²) in [6.07, 6.45) is 7.86. The predicted molar refractivity (Wildman–Crippen MR) is 104 cm³/mol. The number of hydrogen-bond acceptors (Lipinski definition) is 5. The second kappa shape index (κ2) is 6.35. The van der Waals surface area contributed by atoms with E-state index in [2.05, 4.69) is 13.8 Å². The van der Waals surface area contributed by atoms with Crippen molar-refractivity contribution < 1.29 is 24.5 Å². The maximum absolute atomic E-state index is 12.9. The van der Waals surface area contributed by atoms with E-state index < -0.39 is 23.7 Å². The molecule has 0 spiro atoms. The Bertz CT molecular complexity index is 769. The van der Waals surface area contributed by atoms with Crippen molar-refractivity contribution in [2.75, 3.05) is 13.7 Å². The van der Waals surface area contributed by atoms with Gasteiger partial charge in [-0.25, -0.2) is 0 Å². The largest absolute Gasteiger partial charge is 0.393 e. The second-order valence-corrected chi connectivity index (χ2v) is 9.87. The third-order valence-electron chi connectivity index (χ3n) is 8.92. The van der Waals surface area contributed by atoms with E-state index in [0.717, 1.165) is 24.8 Å². The predicted octanol–water partition coefficient (Wildman–Crippen LogP) is 2.46. The zero-order valence-electron chi connectivity index (χ0n) is 17.3. The molecule has 5 heteroatoms. The molecule has 0 aromatic heterocycles. The molecule has 1 unspecified atom stereocenters. The van der Waals surface area contributed by atoms with Crippen LogP contribution in [0.4, 0.5) is 0 Å². The summed E-state index contributed by atoms with van der Waals surface area (Å²) in [5, 5.41) is 21.1. The first-order valence-electron chi connectivity index (χ1n) is 10.5. The molecule has 0 bridgehead atoms. The number of carbonyl (C=O) groups excluding carboxylic acids is 2. The summed E-state index contributed by atoms with van der Waals surface area (Å²) in [5.41, 5.74) is -0.777. The number of allylic oxidation sites excluding steroid dienone is 4. The Labute approximate surface area is 166 Å². The fraction of sp³-hybridized carbons (Fsp3) is 0.739. The van der Waals surface area contributed by atoms with E-state index >= 15 is 0 Å². The van der Waals surface area contributed by atoms with Crippen LogP contribution in [-0.4, -0.2) is 47.2 Å². The lowest BCUT2D eigenvalue weighted by Gasteiger charge is -2.60. The molecule has 0 heterocycles. The maximum atomic E-state index is 12.9. The van der Waals surface area contributed by atoms with Crippen molar-refractivity contribution >= 4 is 11.6 Å². The Kier molecular flexibility index (Phi) is 4.53. The highest BCUT2D eigenvalue weighted by Crippen LogP contribution is 2.69. The van der Waals surface area contributed by atoms with Gasteiger partial charge in [0.1, 0.15) is 12.2 Å². The number of hydrogen-bond donors (Lipinski definition) is 2. The van der Waals surface area contributed by atoms with Gasteiger partial charge in [0.25, 0.3) is 0 Å². The topological polar surface area (TPSA) is 83.8 Å². The van der Waals surface area contributed by atoms with E-state index in [9.17, 15) is 19.8 Å². The van der Waals surface area contributed by atoms with E-state index in [1.807, 2.05) is 13.0 Å². The van der Waals surface area contributed by atoms with Gasteiger partial charge in [0.2, 0.25) is 0 Å². The van der Waals surface area contributed by atoms with Crippen molar-refractivity contribution in [2.24, 2.45) is 34.5 Å². The molecule has 4 aliphatic carbocycles. The molecular formula is C23H32O5. The molecule has 4 aliphatic rings. The van der Waals surface area contributed by atoms with Crippen LogP contribution in [0.1, 0.15) is 46.5 Å². The average molecular weight is 389 g/mol. The van der Waals surface area contributed by atoms with Gasteiger partial charge >= 0.3 is 0 Å². The standard InChI is InChI=1S/C23H32O5/c1-13-9-17-16-6-5-14-10-15(25)7-8-21(14,2)20(16)18(26)11-22(17,3)23(13,28-4)19(27)12-24/h7-8,10,13,16-18,20,24,26H,5-6,9,11-12H2,1-4H3/t13-,16-,17-,18-,20?,21-,22-,23-/m0/s1. The molecule has 3 saturated carbocycles. The SMILES string of the molecule is CO[C@]1(C(=O)CO)[C@@H](C)C[C@H]2[C@@H]3CCC4=CC(=O)C=C[C@]4(C)C3[C@@H](O)C[C@@]21C. The van der Waals surface area contributed by atoms with Gasteiger partial charge in [-0.15, -0.1) is 0 Å². The van der Waals surface area contributed by atoms with Crippen LogP contribution in [0.25, 0.3) is 0 Å². The minimum Gasteiger partial charge on any atom is -0.393 e. The highest BCUT2D eigenvalue weighted by Gasteiger charge is 2.71. The number of aliphatic hydroxyl groups is 2. The third-order valence-corrected chi connectivity index (χ3v) is 8.92. The Morgan fingerprint density at radius 1 is 1.36 bits per heavy atom. The number of aliphatic hydroxyl groups excluding tert-OH is 2. The van der Waals surface area contributed by atoms with Gasteiger partial charge in [0, 0.05) is 23.9 Å². The Morgan fingerprint density at radius 2 is 2.07 bits per heavy atom. The van der Waals surface area contributed by atoms with Crippen LogP contribution < -0.4 is 0 Å². The van der Waals surface area contributed by atoms with Gasteiger partial charge < -0.3 is 14.9 Å². The molecular weight excluding hydrogens is 356 g/mol.